The van der Waals surface area contributed by atoms with E-state index in [1.165, 1.54) is 5.56 Å². The molecule has 2 saturated heterocycles. The summed E-state index contributed by atoms with van der Waals surface area (Å²) in [6, 6.07) is 10.4. The molecule has 2 N–H and O–H groups in total. The van der Waals surface area contributed by atoms with E-state index in [1.54, 1.807) is 0 Å². The van der Waals surface area contributed by atoms with Gasteiger partial charge in [-0.05, 0) is 31.5 Å². The monoisotopic (exact) mass is 324 g/mol. The number of aliphatic hydroxyl groups excluding tert-OH is 1. The molecule has 0 saturated carbocycles. The Balaban J connectivity index is 1.46. The number of benzene rings is 1. The molecular formula is C16H24N2O3S. The lowest BCUT2D eigenvalue weighted by Crippen LogP contribution is -2.49. The molecule has 0 radical (unpaired) electrons. The molecule has 1 aromatic carbocycles. The molecule has 0 unspecified atom stereocenters. The maximum Gasteiger partial charge on any atom is 0.154 e. The van der Waals surface area contributed by atoms with Gasteiger partial charge in [-0.25, -0.2) is 8.42 Å². The van der Waals surface area contributed by atoms with Crippen LogP contribution in [0.5, 0.6) is 0 Å². The first-order valence-corrected chi connectivity index (χ1v) is 9.75. The molecule has 5 nitrogen and oxygen atoms in total. The molecule has 3 rings (SSSR count). The largest absolute Gasteiger partial charge is 0.390 e. The lowest BCUT2D eigenvalue weighted by molar-refractivity contribution is 0.136. The topological polar surface area (TPSA) is 69.6 Å². The molecule has 0 bridgehead atoms. The van der Waals surface area contributed by atoms with Crippen molar-refractivity contribution in [1.82, 2.24) is 10.2 Å². The fourth-order valence-electron chi connectivity index (χ4n) is 3.39. The maximum absolute atomic E-state index is 11.5. The quantitative estimate of drug-likeness (QED) is 0.839. The number of hydrogen-bond donors (Lipinski definition) is 2. The Morgan fingerprint density at radius 1 is 1.14 bits per heavy atom. The van der Waals surface area contributed by atoms with Crippen molar-refractivity contribution in [3.63, 3.8) is 0 Å². The first-order chi connectivity index (χ1) is 10.5. The minimum Gasteiger partial charge on any atom is -0.390 e. The summed E-state index contributed by atoms with van der Waals surface area (Å²) >= 11 is 0. The van der Waals surface area contributed by atoms with E-state index in [0.29, 0.717) is 6.04 Å². The summed E-state index contributed by atoms with van der Waals surface area (Å²) in [5, 5.41) is 13.2. The van der Waals surface area contributed by atoms with Crippen molar-refractivity contribution in [1.29, 1.82) is 0 Å². The summed E-state index contributed by atoms with van der Waals surface area (Å²) in [5.74, 6) is -0.0318. The van der Waals surface area contributed by atoms with Gasteiger partial charge in [-0.15, -0.1) is 0 Å². The van der Waals surface area contributed by atoms with Crippen LogP contribution in [0.15, 0.2) is 30.3 Å². The van der Waals surface area contributed by atoms with Gasteiger partial charge < -0.3 is 10.4 Å². The molecular weight excluding hydrogens is 300 g/mol. The van der Waals surface area contributed by atoms with Crippen molar-refractivity contribution < 1.29 is 13.5 Å². The number of hydrogen-bond acceptors (Lipinski definition) is 5. The average molecular weight is 324 g/mol. The molecule has 0 amide bonds. The Kier molecular flexibility index (Phi) is 4.82. The molecule has 122 valence electrons. The van der Waals surface area contributed by atoms with Crippen LogP contribution in [0, 0.1) is 0 Å². The summed E-state index contributed by atoms with van der Waals surface area (Å²) in [6.07, 6.45) is 1.24. The normalized spacial score (nSPS) is 29.7. The van der Waals surface area contributed by atoms with Crippen LogP contribution < -0.4 is 5.32 Å². The molecule has 2 aliphatic rings. The zero-order valence-electron chi connectivity index (χ0n) is 12.7. The predicted octanol–water partition coefficient (Wildman–Crippen LogP) is 0.399. The zero-order chi connectivity index (χ0) is 15.6. The van der Waals surface area contributed by atoms with Gasteiger partial charge in [0.05, 0.1) is 17.6 Å². The minimum atomic E-state index is -3.07. The lowest BCUT2D eigenvalue weighted by Gasteiger charge is -2.34. The Bertz CT molecular complexity index is 583. The fourth-order valence-corrected chi connectivity index (χ4v) is 5.14. The van der Waals surface area contributed by atoms with Gasteiger partial charge in [-0.1, -0.05) is 30.3 Å². The van der Waals surface area contributed by atoms with Crippen molar-refractivity contribution in [2.75, 3.05) is 24.6 Å². The second kappa shape index (κ2) is 6.66. The van der Waals surface area contributed by atoms with E-state index < -0.39 is 15.9 Å². The van der Waals surface area contributed by atoms with Crippen molar-refractivity contribution in [2.24, 2.45) is 0 Å². The summed E-state index contributed by atoms with van der Waals surface area (Å²) < 4.78 is 23.1. The Morgan fingerprint density at radius 2 is 1.82 bits per heavy atom. The lowest BCUT2D eigenvalue weighted by atomic mass is 10.0. The number of aliphatic hydroxyl groups is 1. The second-order valence-corrected chi connectivity index (χ2v) is 8.61. The van der Waals surface area contributed by atoms with Crippen LogP contribution in [-0.2, 0) is 16.4 Å². The highest BCUT2D eigenvalue weighted by Gasteiger charge is 2.37. The van der Waals surface area contributed by atoms with Crippen molar-refractivity contribution in [2.45, 2.75) is 37.6 Å². The molecule has 22 heavy (non-hydrogen) atoms. The van der Waals surface area contributed by atoms with Crippen molar-refractivity contribution in [3.05, 3.63) is 35.9 Å². The van der Waals surface area contributed by atoms with Crippen LogP contribution in [0.2, 0.25) is 0 Å². The van der Waals surface area contributed by atoms with Gasteiger partial charge >= 0.3 is 0 Å². The third-order valence-corrected chi connectivity index (χ3v) is 6.33. The van der Waals surface area contributed by atoms with Gasteiger partial charge in [0.1, 0.15) is 0 Å². The Hall–Kier alpha value is -0.950. The zero-order valence-corrected chi connectivity index (χ0v) is 13.5. The fraction of sp³-hybridized carbons (Fsp3) is 0.625. The van der Waals surface area contributed by atoms with E-state index in [-0.39, 0.29) is 17.5 Å². The molecule has 2 heterocycles. The number of nitrogens with zero attached hydrogens (tertiary/aromatic N) is 1. The number of rotatable bonds is 4. The second-order valence-electron chi connectivity index (χ2n) is 6.45. The van der Waals surface area contributed by atoms with Crippen molar-refractivity contribution in [3.8, 4) is 0 Å². The number of sulfone groups is 1. The summed E-state index contributed by atoms with van der Waals surface area (Å²) in [5.41, 5.74) is 1.33. The predicted molar refractivity (Wildman–Crippen MR) is 86.3 cm³/mol. The van der Waals surface area contributed by atoms with Gasteiger partial charge in [0.25, 0.3) is 0 Å². The Labute approximate surface area is 132 Å². The molecule has 0 aliphatic carbocycles. The first kappa shape index (κ1) is 15.9. The highest BCUT2D eigenvalue weighted by molar-refractivity contribution is 7.91. The third kappa shape index (κ3) is 4.07. The average Bonchev–Trinajstić information content (AvgIpc) is 2.74. The van der Waals surface area contributed by atoms with Gasteiger partial charge in [0.15, 0.2) is 9.84 Å². The van der Waals surface area contributed by atoms with Gasteiger partial charge in [-0.3, -0.25) is 4.90 Å². The van der Waals surface area contributed by atoms with E-state index in [4.69, 9.17) is 0 Å². The standard InChI is InChI=1S/C16H24N2O3S/c19-16-12-22(20,21)11-15(16)17-14-6-8-18(9-7-14)10-13-4-2-1-3-5-13/h1-5,14-17,19H,6-12H2/t15-,16-/m1/s1. The number of piperidine rings is 1. The van der Waals surface area contributed by atoms with Crippen LogP contribution in [0.25, 0.3) is 0 Å². The minimum absolute atomic E-state index is 0.0679. The van der Waals surface area contributed by atoms with E-state index in [2.05, 4.69) is 34.5 Å². The molecule has 0 spiro atoms. The van der Waals surface area contributed by atoms with Gasteiger partial charge in [0.2, 0.25) is 0 Å². The molecule has 2 aliphatic heterocycles. The van der Waals surface area contributed by atoms with E-state index in [1.807, 2.05) is 6.07 Å². The van der Waals surface area contributed by atoms with E-state index in [0.717, 1.165) is 32.5 Å². The first-order valence-electron chi connectivity index (χ1n) is 7.93. The molecule has 0 aromatic heterocycles. The van der Waals surface area contributed by atoms with Gasteiger partial charge in [-0.2, -0.15) is 0 Å². The highest BCUT2D eigenvalue weighted by atomic mass is 32.2. The molecule has 2 fully saturated rings. The van der Waals surface area contributed by atoms with Crippen LogP contribution in [0.1, 0.15) is 18.4 Å². The van der Waals surface area contributed by atoms with Crippen LogP contribution in [0.4, 0.5) is 0 Å². The molecule has 1 aromatic rings. The van der Waals surface area contributed by atoms with Crippen LogP contribution in [0.3, 0.4) is 0 Å². The SMILES string of the molecule is O=S1(=O)C[C@@H](O)[C@H](NC2CCN(Cc3ccccc3)CC2)C1. The van der Waals surface area contributed by atoms with Crippen LogP contribution in [-0.4, -0.2) is 61.2 Å². The summed E-state index contributed by atoms with van der Waals surface area (Å²) in [7, 11) is -3.07. The molecule has 6 heteroatoms. The summed E-state index contributed by atoms with van der Waals surface area (Å²) in [6.45, 7) is 2.97. The van der Waals surface area contributed by atoms with E-state index >= 15 is 0 Å². The number of likely N-dealkylation sites (tertiary alicyclic amines) is 1. The smallest absolute Gasteiger partial charge is 0.154 e. The van der Waals surface area contributed by atoms with Gasteiger partial charge in [0, 0.05) is 18.6 Å². The third-order valence-electron chi connectivity index (χ3n) is 4.61. The Morgan fingerprint density at radius 3 is 2.41 bits per heavy atom. The van der Waals surface area contributed by atoms with Crippen molar-refractivity contribution >= 4 is 9.84 Å². The highest BCUT2D eigenvalue weighted by Crippen LogP contribution is 2.18. The summed E-state index contributed by atoms with van der Waals surface area (Å²) in [4.78, 5) is 2.43. The van der Waals surface area contributed by atoms with E-state index in [9.17, 15) is 13.5 Å². The van der Waals surface area contributed by atoms with Crippen LogP contribution >= 0.6 is 0 Å². The molecule has 2 atom stereocenters. The number of nitrogens with one attached hydrogen (secondary N) is 1. The maximum atomic E-state index is 11.5.